The van der Waals surface area contributed by atoms with Crippen LogP contribution in [0, 0.1) is 0 Å². The van der Waals surface area contributed by atoms with Crippen molar-refractivity contribution in [1.82, 2.24) is 0 Å². The van der Waals surface area contributed by atoms with Crippen LogP contribution in [0.3, 0.4) is 0 Å². The molecule has 0 unspecified atom stereocenters. The van der Waals surface area contributed by atoms with Crippen molar-refractivity contribution in [3.8, 4) is 0 Å². The second kappa shape index (κ2) is 7.09. The van der Waals surface area contributed by atoms with Gasteiger partial charge in [-0.3, -0.25) is 9.59 Å². The number of nitrogens with one attached hydrogen (secondary N) is 1. The van der Waals surface area contributed by atoms with Crippen LogP contribution in [0.4, 0.5) is 11.4 Å². The third-order valence-electron chi connectivity index (χ3n) is 2.81. The molecule has 0 aromatic heterocycles. The first-order valence-electron chi connectivity index (χ1n) is 6.49. The molecule has 0 atom stereocenters. The number of para-hydroxylation sites is 2. The minimum atomic E-state index is -0.490. The Hall–Kier alpha value is -2.82. The molecule has 0 radical (unpaired) electrons. The zero-order valence-electron chi connectivity index (χ0n) is 11.4. The molecule has 0 spiro atoms. The highest BCUT2D eigenvalue weighted by molar-refractivity contribution is 5.92. The van der Waals surface area contributed by atoms with E-state index in [0.717, 1.165) is 0 Å². The number of anilines is 2. The molecule has 1 amide bonds. The number of carbonyl (C=O) groups is 2. The van der Waals surface area contributed by atoms with Gasteiger partial charge in [-0.25, -0.2) is 0 Å². The Balaban J connectivity index is 1.79. The van der Waals surface area contributed by atoms with Crippen molar-refractivity contribution in [3.63, 3.8) is 0 Å². The van der Waals surface area contributed by atoms with Gasteiger partial charge in [0.2, 0.25) is 0 Å². The number of ether oxygens (including phenoxy) is 1. The average molecular weight is 284 g/mol. The Morgan fingerprint density at radius 3 is 2.38 bits per heavy atom. The lowest BCUT2D eigenvalue weighted by atomic mass is 10.1. The predicted molar refractivity (Wildman–Crippen MR) is 80.6 cm³/mol. The third-order valence-corrected chi connectivity index (χ3v) is 2.81. The number of amides is 1. The molecule has 0 bridgehead atoms. The highest BCUT2D eigenvalue weighted by Gasteiger charge is 2.10. The first-order valence-corrected chi connectivity index (χ1v) is 6.49. The van der Waals surface area contributed by atoms with Crippen LogP contribution < -0.4 is 11.1 Å². The van der Waals surface area contributed by atoms with Crippen LogP contribution in [0.2, 0.25) is 0 Å². The maximum atomic E-state index is 11.7. The molecule has 0 aliphatic rings. The van der Waals surface area contributed by atoms with Gasteiger partial charge in [-0.1, -0.05) is 36.4 Å². The summed E-state index contributed by atoms with van der Waals surface area (Å²) in [6.45, 7) is -0.319. The fraction of sp³-hybridized carbons (Fsp3) is 0.125. The summed E-state index contributed by atoms with van der Waals surface area (Å²) in [7, 11) is 0. The molecule has 21 heavy (non-hydrogen) atoms. The average Bonchev–Trinajstić information content (AvgIpc) is 2.49. The van der Waals surface area contributed by atoms with E-state index in [9.17, 15) is 9.59 Å². The van der Waals surface area contributed by atoms with E-state index in [4.69, 9.17) is 10.5 Å². The van der Waals surface area contributed by atoms with Crippen molar-refractivity contribution in [1.29, 1.82) is 0 Å². The van der Waals surface area contributed by atoms with Crippen molar-refractivity contribution in [2.45, 2.75) is 6.42 Å². The van der Waals surface area contributed by atoms with E-state index in [2.05, 4.69) is 5.32 Å². The van der Waals surface area contributed by atoms with Crippen LogP contribution in [-0.4, -0.2) is 18.5 Å². The van der Waals surface area contributed by atoms with Gasteiger partial charge in [0.1, 0.15) is 0 Å². The Bertz CT molecular complexity index is 626. The van der Waals surface area contributed by atoms with Gasteiger partial charge in [0.25, 0.3) is 5.91 Å². The van der Waals surface area contributed by atoms with Crippen molar-refractivity contribution in [3.05, 3.63) is 60.2 Å². The van der Waals surface area contributed by atoms with E-state index in [0.29, 0.717) is 16.9 Å². The van der Waals surface area contributed by atoms with Gasteiger partial charge in [-0.05, 0) is 23.8 Å². The number of carbonyl (C=O) groups excluding carboxylic acids is 2. The minimum Gasteiger partial charge on any atom is -0.455 e. The number of hydrogen-bond donors (Lipinski definition) is 2. The maximum absolute atomic E-state index is 11.7. The van der Waals surface area contributed by atoms with Crippen LogP contribution in [0.5, 0.6) is 0 Å². The number of esters is 1. The smallest absolute Gasteiger partial charge is 0.310 e. The van der Waals surface area contributed by atoms with Crippen LogP contribution >= 0.6 is 0 Å². The van der Waals surface area contributed by atoms with Gasteiger partial charge in [0.05, 0.1) is 6.42 Å². The molecule has 2 rings (SSSR count). The van der Waals surface area contributed by atoms with Crippen molar-refractivity contribution in [2.24, 2.45) is 0 Å². The molecular formula is C16H16N2O3. The largest absolute Gasteiger partial charge is 0.455 e. The number of nitrogen functional groups attached to an aromatic ring is 1. The Morgan fingerprint density at radius 1 is 1.00 bits per heavy atom. The monoisotopic (exact) mass is 284 g/mol. The Kier molecular flexibility index (Phi) is 4.93. The maximum Gasteiger partial charge on any atom is 0.310 e. The first-order chi connectivity index (χ1) is 10.1. The van der Waals surface area contributed by atoms with Gasteiger partial charge in [0, 0.05) is 11.4 Å². The lowest BCUT2D eigenvalue weighted by molar-refractivity contribution is -0.146. The first kappa shape index (κ1) is 14.6. The quantitative estimate of drug-likeness (QED) is 0.650. The molecule has 0 aliphatic carbocycles. The molecule has 3 N–H and O–H groups in total. The van der Waals surface area contributed by atoms with E-state index in [1.54, 1.807) is 48.5 Å². The molecule has 108 valence electrons. The molecule has 5 nitrogen and oxygen atoms in total. The lowest BCUT2D eigenvalue weighted by Crippen LogP contribution is -2.21. The molecule has 0 aliphatic heterocycles. The fourth-order valence-corrected chi connectivity index (χ4v) is 1.77. The van der Waals surface area contributed by atoms with E-state index in [-0.39, 0.29) is 18.9 Å². The van der Waals surface area contributed by atoms with E-state index in [1.807, 2.05) is 6.07 Å². The zero-order chi connectivity index (χ0) is 15.1. The fourth-order valence-electron chi connectivity index (χ4n) is 1.77. The minimum absolute atomic E-state index is 0.0469. The SMILES string of the molecule is Nc1ccccc1CC(=O)OCC(=O)Nc1ccccc1. The van der Waals surface area contributed by atoms with Crippen molar-refractivity contribution >= 4 is 23.3 Å². The molecule has 2 aromatic carbocycles. The molecule has 0 heterocycles. The molecule has 2 aromatic rings. The summed E-state index contributed by atoms with van der Waals surface area (Å²) >= 11 is 0. The summed E-state index contributed by atoms with van der Waals surface area (Å²) in [6.07, 6.45) is 0.0469. The van der Waals surface area contributed by atoms with Crippen LogP contribution in [0.25, 0.3) is 0 Å². The number of hydrogen-bond acceptors (Lipinski definition) is 4. The van der Waals surface area contributed by atoms with Gasteiger partial charge >= 0.3 is 5.97 Å². The van der Waals surface area contributed by atoms with Crippen molar-refractivity contribution < 1.29 is 14.3 Å². The van der Waals surface area contributed by atoms with E-state index < -0.39 is 5.97 Å². The molecule has 0 saturated heterocycles. The number of nitrogens with two attached hydrogens (primary N) is 1. The Morgan fingerprint density at radius 2 is 1.67 bits per heavy atom. The highest BCUT2D eigenvalue weighted by atomic mass is 16.5. The van der Waals surface area contributed by atoms with Crippen molar-refractivity contribution in [2.75, 3.05) is 17.7 Å². The highest BCUT2D eigenvalue weighted by Crippen LogP contribution is 2.11. The third kappa shape index (κ3) is 4.65. The molecule has 0 fully saturated rings. The second-order valence-electron chi connectivity index (χ2n) is 4.45. The lowest BCUT2D eigenvalue weighted by Gasteiger charge is -2.07. The number of benzene rings is 2. The van der Waals surface area contributed by atoms with Gasteiger partial charge in [-0.15, -0.1) is 0 Å². The number of rotatable bonds is 5. The summed E-state index contributed by atoms with van der Waals surface area (Å²) in [4.78, 5) is 23.3. The standard InChI is InChI=1S/C16H16N2O3/c17-14-9-5-4-6-12(14)10-16(20)21-11-15(19)18-13-7-2-1-3-8-13/h1-9H,10-11,17H2,(H,18,19). The summed E-state index contributed by atoms with van der Waals surface area (Å²) in [5, 5.41) is 2.63. The summed E-state index contributed by atoms with van der Waals surface area (Å²) in [5.74, 6) is -0.869. The molecule has 0 saturated carbocycles. The summed E-state index contributed by atoms with van der Waals surface area (Å²) in [5.41, 5.74) is 7.61. The second-order valence-corrected chi connectivity index (χ2v) is 4.45. The normalized spacial score (nSPS) is 9.90. The van der Waals surface area contributed by atoms with Crippen LogP contribution in [0.1, 0.15) is 5.56 Å². The Labute approximate surface area is 122 Å². The van der Waals surface area contributed by atoms with Gasteiger partial charge < -0.3 is 15.8 Å². The summed E-state index contributed by atoms with van der Waals surface area (Å²) < 4.78 is 4.93. The summed E-state index contributed by atoms with van der Waals surface area (Å²) in [6, 6.07) is 16.0. The molecule has 5 heteroatoms. The van der Waals surface area contributed by atoms with Gasteiger partial charge in [-0.2, -0.15) is 0 Å². The molecular weight excluding hydrogens is 268 g/mol. The van der Waals surface area contributed by atoms with E-state index >= 15 is 0 Å². The van der Waals surface area contributed by atoms with Gasteiger partial charge in [0.15, 0.2) is 6.61 Å². The van der Waals surface area contributed by atoms with Crippen LogP contribution in [0.15, 0.2) is 54.6 Å². The van der Waals surface area contributed by atoms with E-state index in [1.165, 1.54) is 0 Å². The zero-order valence-corrected chi connectivity index (χ0v) is 11.4. The topological polar surface area (TPSA) is 81.4 Å². The predicted octanol–water partition coefficient (Wildman–Crippen LogP) is 1.99. The van der Waals surface area contributed by atoms with Crippen LogP contribution in [-0.2, 0) is 20.7 Å².